The number of fused-ring (bicyclic) bond motifs is 1. The van der Waals surface area contributed by atoms with E-state index in [2.05, 4.69) is 6.07 Å². The maximum atomic E-state index is 8.92. The molecule has 2 aromatic rings. The van der Waals surface area contributed by atoms with Gasteiger partial charge in [0.2, 0.25) is 0 Å². The predicted molar refractivity (Wildman–Crippen MR) is 58.1 cm³/mol. The van der Waals surface area contributed by atoms with Crippen LogP contribution in [0.1, 0.15) is 5.56 Å². The molecular formula is C10H6ClNOS. The van der Waals surface area contributed by atoms with Gasteiger partial charge in [-0.3, -0.25) is 0 Å². The highest BCUT2D eigenvalue weighted by Gasteiger charge is 2.13. The summed E-state index contributed by atoms with van der Waals surface area (Å²) in [6.45, 7) is 0. The fourth-order valence-electron chi connectivity index (χ4n) is 1.37. The van der Waals surface area contributed by atoms with Crippen LogP contribution in [0.4, 0.5) is 0 Å². The molecule has 4 heteroatoms. The van der Waals surface area contributed by atoms with Gasteiger partial charge >= 0.3 is 0 Å². The maximum absolute atomic E-state index is 8.92. The number of halogens is 1. The van der Waals surface area contributed by atoms with Crippen LogP contribution in [0.15, 0.2) is 18.2 Å². The minimum absolute atomic E-state index is 0.588. The summed E-state index contributed by atoms with van der Waals surface area (Å²) in [5.41, 5.74) is 0.600. The standard InChI is InChI=1S/C10H6ClNOS/c1-13-9-8-6(5-12)3-2-4-7(8)14-10(9)11/h2-4H,1H3. The number of nitrogens with zero attached hydrogens (tertiary/aromatic N) is 1. The zero-order chi connectivity index (χ0) is 10.1. The molecule has 0 unspecified atom stereocenters. The predicted octanol–water partition coefficient (Wildman–Crippen LogP) is 3.43. The van der Waals surface area contributed by atoms with Gasteiger partial charge in [0, 0.05) is 4.70 Å². The Balaban J connectivity index is 2.91. The quantitative estimate of drug-likeness (QED) is 0.742. The second-order valence-corrected chi connectivity index (χ2v) is 4.35. The van der Waals surface area contributed by atoms with Crippen LogP contribution in [0, 0.1) is 11.3 Å². The SMILES string of the molecule is COc1c(Cl)sc2cccc(C#N)c12. The van der Waals surface area contributed by atoms with Crippen LogP contribution in [-0.2, 0) is 0 Å². The van der Waals surface area contributed by atoms with Gasteiger partial charge in [0.15, 0.2) is 5.75 Å². The highest BCUT2D eigenvalue weighted by Crippen LogP contribution is 2.42. The molecule has 0 amide bonds. The van der Waals surface area contributed by atoms with E-state index in [1.54, 1.807) is 13.2 Å². The molecule has 0 radical (unpaired) electrons. The van der Waals surface area contributed by atoms with Crippen molar-refractivity contribution in [2.24, 2.45) is 0 Å². The van der Waals surface area contributed by atoms with Crippen molar-refractivity contribution in [3.63, 3.8) is 0 Å². The van der Waals surface area contributed by atoms with Crippen LogP contribution >= 0.6 is 22.9 Å². The van der Waals surface area contributed by atoms with Crippen molar-refractivity contribution in [3.05, 3.63) is 28.1 Å². The van der Waals surface area contributed by atoms with Gasteiger partial charge in [0.1, 0.15) is 4.34 Å². The normalized spacial score (nSPS) is 10.1. The zero-order valence-electron chi connectivity index (χ0n) is 7.37. The molecule has 0 aliphatic rings. The van der Waals surface area contributed by atoms with Gasteiger partial charge in [0.05, 0.1) is 24.1 Å². The Morgan fingerprint density at radius 2 is 2.29 bits per heavy atom. The van der Waals surface area contributed by atoms with Crippen molar-refractivity contribution in [2.75, 3.05) is 7.11 Å². The van der Waals surface area contributed by atoms with Gasteiger partial charge in [-0.15, -0.1) is 11.3 Å². The first-order valence-electron chi connectivity index (χ1n) is 3.93. The van der Waals surface area contributed by atoms with E-state index in [0.717, 1.165) is 10.1 Å². The second kappa shape index (κ2) is 3.49. The van der Waals surface area contributed by atoms with Gasteiger partial charge in [-0.1, -0.05) is 17.7 Å². The molecule has 0 saturated heterocycles. The fraction of sp³-hybridized carbons (Fsp3) is 0.100. The Bertz CT molecular complexity index is 527. The van der Waals surface area contributed by atoms with Crippen molar-refractivity contribution in [1.82, 2.24) is 0 Å². The van der Waals surface area contributed by atoms with Crippen molar-refractivity contribution < 1.29 is 4.74 Å². The van der Waals surface area contributed by atoms with Gasteiger partial charge in [-0.2, -0.15) is 5.26 Å². The van der Waals surface area contributed by atoms with Gasteiger partial charge < -0.3 is 4.74 Å². The zero-order valence-corrected chi connectivity index (χ0v) is 8.95. The molecule has 0 bridgehead atoms. The summed E-state index contributed by atoms with van der Waals surface area (Å²) in [7, 11) is 1.56. The molecule has 0 atom stereocenters. The number of ether oxygens (including phenoxy) is 1. The highest BCUT2D eigenvalue weighted by atomic mass is 35.5. The third kappa shape index (κ3) is 1.24. The van der Waals surface area contributed by atoms with E-state index < -0.39 is 0 Å². The van der Waals surface area contributed by atoms with Crippen molar-refractivity contribution in [2.45, 2.75) is 0 Å². The molecule has 14 heavy (non-hydrogen) atoms. The minimum atomic E-state index is 0.588. The molecule has 0 saturated carbocycles. The molecule has 1 aromatic heterocycles. The minimum Gasteiger partial charge on any atom is -0.494 e. The number of hydrogen-bond acceptors (Lipinski definition) is 3. The van der Waals surface area contributed by atoms with Crippen LogP contribution in [-0.4, -0.2) is 7.11 Å². The summed E-state index contributed by atoms with van der Waals surface area (Å²) in [6.07, 6.45) is 0. The van der Waals surface area contributed by atoms with E-state index in [1.165, 1.54) is 11.3 Å². The largest absolute Gasteiger partial charge is 0.494 e. The van der Waals surface area contributed by atoms with Crippen LogP contribution in [0.3, 0.4) is 0 Å². The molecular weight excluding hydrogens is 218 g/mol. The first kappa shape index (κ1) is 9.32. The topological polar surface area (TPSA) is 33.0 Å². The summed E-state index contributed by atoms with van der Waals surface area (Å²) < 4.78 is 6.73. The summed E-state index contributed by atoms with van der Waals surface area (Å²) >= 11 is 7.40. The van der Waals surface area contributed by atoms with E-state index in [0.29, 0.717) is 15.6 Å². The molecule has 2 nitrogen and oxygen atoms in total. The number of hydrogen-bond donors (Lipinski definition) is 0. The van der Waals surface area contributed by atoms with Crippen LogP contribution in [0.25, 0.3) is 10.1 Å². The lowest BCUT2D eigenvalue weighted by Gasteiger charge is -1.98. The second-order valence-electron chi connectivity index (χ2n) is 2.70. The van der Waals surface area contributed by atoms with E-state index in [9.17, 15) is 0 Å². The molecule has 0 N–H and O–H groups in total. The molecule has 0 fully saturated rings. The average molecular weight is 224 g/mol. The van der Waals surface area contributed by atoms with E-state index in [-0.39, 0.29) is 0 Å². The van der Waals surface area contributed by atoms with Crippen molar-refractivity contribution >= 4 is 33.0 Å². The number of nitriles is 1. The lowest BCUT2D eigenvalue weighted by Crippen LogP contribution is -1.83. The molecule has 70 valence electrons. The smallest absolute Gasteiger partial charge is 0.157 e. The Labute approximate surface area is 90.3 Å². The number of rotatable bonds is 1. The number of thiophene rings is 1. The Hall–Kier alpha value is -1.24. The molecule has 0 spiro atoms. The average Bonchev–Trinajstić information content (AvgIpc) is 2.52. The lowest BCUT2D eigenvalue weighted by atomic mass is 10.1. The summed E-state index contributed by atoms with van der Waals surface area (Å²) in [5.74, 6) is 0.601. The van der Waals surface area contributed by atoms with Crippen molar-refractivity contribution in [3.8, 4) is 11.8 Å². The van der Waals surface area contributed by atoms with Gasteiger partial charge in [-0.25, -0.2) is 0 Å². The third-order valence-electron chi connectivity index (χ3n) is 1.96. The van der Waals surface area contributed by atoms with Crippen LogP contribution in [0.2, 0.25) is 4.34 Å². The highest BCUT2D eigenvalue weighted by molar-refractivity contribution is 7.23. The lowest BCUT2D eigenvalue weighted by molar-refractivity contribution is 0.421. The van der Waals surface area contributed by atoms with E-state index in [4.69, 9.17) is 21.6 Å². The molecule has 0 aliphatic heterocycles. The molecule has 1 heterocycles. The Kier molecular flexibility index (Phi) is 2.32. The summed E-state index contributed by atoms with van der Waals surface area (Å²) in [4.78, 5) is 0. The van der Waals surface area contributed by atoms with E-state index >= 15 is 0 Å². The number of methoxy groups -OCH3 is 1. The monoisotopic (exact) mass is 223 g/mol. The van der Waals surface area contributed by atoms with Crippen LogP contribution < -0.4 is 4.74 Å². The van der Waals surface area contributed by atoms with Gasteiger partial charge in [-0.05, 0) is 12.1 Å². The first-order chi connectivity index (χ1) is 6.77. The Morgan fingerprint density at radius 1 is 1.50 bits per heavy atom. The van der Waals surface area contributed by atoms with Crippen molar-refractivity contribution in [1.29, 1.82) is 5.26 Å². The summed E-state index contributed by atoms with van der Waals surface area (Å²) in [6, 6.07) is 7.65. The molecule has 0 aliphatic carbocycles. The number of benzene rings is 1. The fourth-order valence-corrected chi connectivity index (χ4v) is 2.71. The van der Waals surface area contributed by atoms with Crippen LogP contribution in [0.5, 0.6) is 5.75 Å². The first-order valence-corrected chi connectivity index (χ1v) is 5.12. The summed E-state index contributed by atoms with van der Waals surface area (Å²) in [5, 5.41) is 9.73. The molecule has 2 rings (SSSR count). The van der Waals surface area contributed by atoms with Gasteiger partial charge in [0.25, 0.3) is 0 Å². The maximum Gasteiger partial charge on any atom is 0.157 e. The Morgan fingerprint density at radius 3 is 2.93 bits per heavy atom. The molecule has 1 aromatic carbocycles. The third-order valence-corrected chi connectivity index (χ3v) is 3.28. The van der Waals surface area contributed by atoms with E-state index in [1.807, 2.05) is 12.1 Å².